The van der Waals surface area contributed by atoms with E-state index >= 15 is 0 Å². The molecule has 7 heteroatoms. The fourth-order valence-electron chi connectivity index (χ4n) is 3.74. The minimum absolute atomic E-state index is 0.0225. The highest BCUT2D eigenvalue weighted by Gasteiger charge is 2.24. The molecule has 1 aliphatic rings. The second-order valence-corrected chi connectivity index (χ2v) is 8.84. The maximum Gasteiger partial charge on any atom is 0.157 e. The summed E-state index contributed by atoms with van der Waals surface area (Å²) >= 11 is 0. The van der Waals surface area contributed by atoms with Crippen molar-refractivity contribution in [1.29, 1.82) is 0 Å². The molecule has 1 fully saturated rings. The van der Waals surface area contributed by atoms with Gasteiger partial charge in [-0.05, 0) is 32.9 Å². The van der Waals surface area contributed by atoms with Crippen molar-refractivity contribution < 1.29 is 0 Å². The van der Waals surface area contributed by atoms with E-state index in [9.17, 15) is 0 Å². The number of fused-ring (bicyclic) bond motifs is 1. The maximum absolute atomic E-state index is 6.30. The lowest BCUT2D eigenvalue weighted by atomic mass is 9.92. The highest BCUT2D eigenvalue weighted by Crippen LogP contribution is 2.30. The third-order valence-electron chi connectivity index (χ3n) is 5.49. The fraction of sp³-hybridized carbons (Fsp3) is 0.524. The Morgan fingerprint density at radius 3 is 2.43 bits per heavy atom. The van der Waals surface area contributed by atoms with Crippen molar-refractivity contribution in [1.82, 2.24) is 29.5 Å². The standard InChI is InChI=1S/C21H29N7/c1-14-23-11-15(12-24-14)13-27-7-5-16(6-8-27)17-9-19(22)28-20(25-17)10-18(26-28)21(2,3)4/h9-12,16H,5-8,13,22H2,1-4H3. The molecular formula is C21H29N7. The number of aryl methyl sites for hydroxylation is 1. The molecule has 0 saturated carbocycles. The van der Waals surface area contributed by atoms with Gasteiger partial charge >= 0.3 is 0 Å². The van der Waals surface area contributed by atoms with E-state index in [-0.39, 0.29) is 5.41 Å². The molecule has 0 unspecified atom stereocenters. The number of hydrogen-bond donors (Lipinski definition) is 1. The van der Waals surface area contributed by atoms with E-state index in [1.54, 1.807) is 4.52 Å². The summed E-state index contributed by atoms with van der Waals surface area (Å²) in [6, 6.07) is 4.06. The van der Waals surface area contributed by atoms with Crippen molar-refractivity contribution in [3.63, 3.8) is 0 Å². The molecule has 0 bridgehead atoms. The molecule has 28 heavy (non-hydrogen) atoms. The largest absolute Gasteiger partial charge is 0.384 e. The Morgan fingerprint density at radius 1 is 1.11 bits per heavy atom. The molecule has 0 spiro atoms. The zero-order valence-corrected chi connectivity index (χ0v) is 17.2. The molecule has 4 heterocycles. The van der Waals surface area contributed by atoms with Crippen molar-refractivity contribution in [3.05, 3.63) is 47.3 Å². The molecule has 4 rings (SSSR count). The third kappa shape index (κ3) is 3.85. The minimum atomic E-state index is -0.0225. The van der Waals surface area contributed by atoms with Gasteiger partial charge in [0.25, 0.3) is 0 Å². The van der Waals surface area contributed by atoms with Gasteiger partial charge < -0.3 is 5.73 Å². The van der Waals surface area contributed by atoms with E-state index in [1.165, 1.54) is 5.56 Å². The molecule has 7 nitrogen and oxygen atoms in total. The van der Waals surface area contributed by atoms with E-state index in [2.05, 4.69) is 46.8 Å². The van der Waals surface area contributed by atoms with Crippen molar-refractivity contribution >= 4 is 11.5 Å². The van der Waals surface area contributed by atoms with Gasteiger partial charge in [0.2, 0.25) is 0 Å². The van der Waals surface area contributed by atoms with E-state index in [1.807, 2.05) is 25.4 Å². The number of likely N-dealkylation sites (tertiary alicyclic amines) is 1. The van der Waals surface area contributed by atoms with Crippen LogP contribution in [0.1, 0.15) is 62.3 Å². The van der Waals surface area contributed by atoms with Crippen LogP contribution >= 0.6 is 0 Å². The maximum atomic E-state index is 6.30. The number of nitrogens with two attached hydrogens (primary N) is 1. The monoisotopic (exact) mass is 379 g/mol. The number of aromatic nitrogens is 5. The molecular weight excluding hydrogens is 350 g/mol. The lowest BCUT2D eigenvalue weighted by Gasteiger charge is -2.31. The van der Waals surface area contributed by atoms with Crippen LogP contribution in [0.4, 0.5) is 5.82 Å². The van der Waals surface area contributed by atoms with Gasteiger partial charge in [-0.1, -0.05) is 20.8 Å². The van der Waals surface area contributed by atoms with Gasteiger partial charge in [0.1, 0.15) is 11.6 Å². The number of hydrogen-bond acceptors (Lipinski definition) is 6. The first kappa shape index (κ1) is 18.8. The van der Waals surface area contributed by atoms with Crippen LogP contribution in [0.5, 0.6) is 0 Å². The summed E-state index contributed by atoms with van der Waals surface area (Å²) in [4.78, 5) is 15.9. The fourth-order valence-corrected chi connectivity index (χ4v) is 3.74. The van der Waals surface area contributed by atoms with Crippen LogP contribution in [0.15, 0.2) is 24.5 Å². The molecule has 3 aromatic heterocycles. The Bertz CT molecular complexity index is 961. The van der Waals surface area contributed by atoms with Crippen LogP contribution in [0.2, 0.25) is 0 Å². The second-order valence-electron chi connectivity index (χ2n) is 8.84. The van der Waals surface area contributed by atoms with Crippen LogP contribution in [-0.4, -0.2) is 42.6 Å². The van der Waals surface area contributed by atoms with Gasteiger partial charge in [-0.3, -0.25) is 4.90 Å². The molecule has 0 aliphatic carbocycles. The smallest absolute Gasteiger partial charge is 0.157 e. The summed E-state index contributed by atoms with van der Waals surface area (Å²) in [6.07, 6.45) is 6.01. The first-order valence-corrected chi connectivity index (χ1v) is 9.96. The Morgan fingerprint density at radius 2 is 1.79 bits per heavy atom. The molecule has 148 valence electrons. The summed E-state index contributed by atoms with van der Waals surface area (Å²) in [6.45, 7) is 11.4. The van der Waals surface area contributed by atoms with Crippen molar-refractivity contribution in [2.24, 2.45) is 0 Å². The molecule has 2 N–H and O–H groups in total. The van der Waals surface area contributed by atoms with Gasteiger partial charge in [0.05, 0.1) is 5.69 Å². The second kappa shape index (κ2) is 7.13. The predicted molar refractivity (Wildman–Crippen MR) is 110 cm³/mol. The number of nitrogens with zero attached hydrogens (tertiary/aromatic N) is 6. The van der Waals surface area contributed by atoms with Crippen LogP contribution in [0.3, 0.4) is 0 Å². The topological polar surface area (TPSA) is 85.2 Å². The van der Waals surface area contributed by atoms with Gasteiger partial charge in [0.15, 0.2) is 5.65 Å². The predicted octanol–water partition coefficient (Wildman–Crippen LogP) is 3.09. The Hall–Kier alpha value is -2.54. The van der Waals surface area contributed by atoms with E-state index in [0.717, 1.165) is 55.3 Å². The normalized spacial score (nSPS) is 16.7. The lowest BCUT2D eigenvalue weighted by molar-refractivity contribution is 0.203. The van der Waals surface area contributed by atoms with E-state index in [0.29, 0.717) is 11.7 Å². The number of piperidine rings is 1. The van der Waals surface area contributed by atoms with Crippen molar-refractivity contribution in [2.45, 2.75) is 58.4 Å². The van der Waals surface area contributed by atoms with Crippen LogP contribution < -0.4 is 5.73 Å². The van der Waals surface area contributed by atoms with E-state index in [4.69, 9.17) is 10.7 Å². The van der Waals surface area contributed by atoms with Crippen LogP contribution in [-0.2, 0) is 12.0 Å². The Balaban J connectivity index is 1.46. The van der Waals surface area contributed by atoms with Gasteiger partial charge in [-0.2, -0.15) is 9.61 Å². The van der Waals surface area contributed by atoms with Crippen LogP contribution in [0, 0.1) is 6.92 Å². The molecule has 1 saturated heterocycles. The molecule has 3 aromatic rings. The molecule has 0 atom stereocenters. The summed E-state index contributed by atoms with van der Waals surface area (Å²) in [5, 5.41) is 4.64. The first-order chi connectivity index (χ1) is 13.3. The Labute approximate surface area is 166 Å². The lowest BCUT2D eigenvalue weighted by Crippen LogP contribution is -2.32. The molecule has 0 radical (unpaired) electrons. The zero-order chi connectivity index (χ0) is 19.9. The third-order valence-corrected chi connectivity index (χ3v) is 5.49. The number of rotatable bonds is 3. The number of nitrogen functional groups attached to an aromatic ring is 1. The van der Waals surface area contributed by atoms with Crippen molar-refractivity contribution in [3.8, 4) is 0 Å². The van der Waals surface area contributed by atoms with Gasteiger partial charge in [-0.15, -0.1) is 0 Å². The van der Waals surface area contributed by atoms with E-state index < -0.39 is 0 Å². The molecule has 0 amide bonds. The SMILES string of the molecule is Cc1ncc(CN2CCC(c3cc(N)n4nc(C(C)(C)C)cc4n3)CC2)cn1. The first-order valence-electron chi connectivity index (χ1n) is 9.96. The molecule has 0 aromatic carbocycles. The quantitative estimate of drug-likeness (QED) is 0.753. The minimum Gasteiger partial charge on any atom is -0.384 e. The number of anilines is 1. The van der Waals surface area contributed by atoms with Crippen LogP contribution in [0.25, 0.3) is 5.65 Å². The van der Waals surface area contributed by atoms with Gasteiger partial charge in [-0.25, -0.2) is 15.0 Å². The zero-order valence-electron chi connectivity index (χ0n) is 17.2. The molecule has 1 aliphatic heterocycles. The highest BCUT2D eigenvalue weighted by atomic mass is 15.3. The Kier molecular flexibility index (Phi) is 4.79. The summed E-state index contributed by atoms with van der Waals surface area (Å²) in [7, 11) is 0. The summed E-state index contributed by atoms with van der Waals surface area (Å²) < 4.78 is 1.76. The van der Waals surface area contributed by atoms with Gasteiger partial charge in [0, 0.05) is 53.7 Å². The average molecular weight is 380 g/mol. The summed E-state index contributed by atoms with van der Waals surface area (Å²) in [5.74, 6) is 1.91. The summed E-state index contributed by atoms with van der Waals surface area (Å²) in [5.41, 5.74) is 10.4. The highest BCUT2D eigenvalue weighted by molar-refractivity contribution is 5.49. The average Bonchev–Trinajstić information content (AvgIpc) is 3.10. The van der Waals surface area contributed by atoms with Crippen molar-refractivity contribution in [2.75, 3.05) is 18.8 Å².